The van der Waals surface area contributed by atoms with Gasteiger partial charge in [-0.05, 0) is 39.1 Å². The van der Waals surface area contributed by atoms with Crippen LogP contribution in [0, 0.1) is 0 Å². The summed E-state index contributed by atoms with van der Waals surface area (Å²) in [5.41, 5.74) is 7.11. The summed E-state index contributed by atoms with van der Waals surface area (Å²) in [6.07, 6.45) is 0. The molecule has 1 saturated heterocycles. The highest BCUT2D eigenvalue weighted by Crippen LogP contribution is 2.14. The van der Waals surface area contributed by atoms with Crippen molar-refractivity contribution in [3.05, 3.63) is 24.3 Å². The Morgan fingerprint density at radius 3 is 2.60 bits per heavy atom. The summed E-state index contributed by atoms with van der Waals surface area (Å²) in [6, 6.07) is 8.21. The molecule has 1 fully saturated rings. The van der Waals surface area contributed by atoms with Gasteiger partial charge in [-0.1, -0.05) is 6.07 Å². The average molecular weight is 276 g/mol. The number of piperazine rings is 1. The minimum atomic E-state index is 0.0135. The van der Waals surface area contributed by atoms with Crippen LogP contribution in [0.1, 0.15) is 13.8 Å². The van der Waals surface area contributed by atoms with Crippen LogP contribution >= 0.6 is 0 Å². The summed E-state index contributed by atoms with van der Waals surface area (Å²) < 4.78 is 0. The molecule has 1 amide bonds. The minimum Gasteiger partial charge on any atom is -0.399 e. The summed E-state index contributed by atoms with van der Waals surface area (Å²) >= 11 is 0. The van der Waals surface area contributed by atoms with Crippen LogP contribution in [0.4, 0.5) is 11.4 Å². The van der Waals surface area contributed by atoms with Gasteiger partial charge in [0.05, 0.1) is 6.54 Å². The maximum Gasteiger partial charge on any atom is 0.238 e. The molecule has 0 aliphatic carbocycles. The zero-order valence-corrected chi connectivity index (χ0v) is 12.5. The molecule has 1 heterocycles. The summed E-state index contributed by atoms with van der Waals surface area (Å²) in [6.45, 7) is 6.66. The number of anilines is 2. The van der Waals surface area contributed by atoms with Gasteiger partial charge in [-0.25, -0.2) is 0 Å². The molecular formula is C15H24N4O. The molecule has 1 aliphatic rings. The van der Waals surface area contributed by atoms with Crippen molar-refractivity contribution in [2.75, 3.05) is 37.7 Å². The van der Waals surface area contributed by atoms with E-state index in [1.807, 2.05) is 12.1 Å². The third-order valence-electron chi connectivity index (χ3n) is 3.97. The van der Waals surface area contributed by atoms with E-state index < -0.39 is 0 Å². The van der Waals surface area contributed by atoms with Crippen LogP contribution in [-0.4, -0.2) is 54.5 Å². The van der Waals surface area contributed by atoms with Gasteiger partial charge in [0.2, 0.25) is 5.91 Å². The van der Waals surface area contributed by atoms with Crippen LogP contribution < -0.4 is 11.1 Å². The third-order valence-corrected chi connectivity index (χ3v) is 3.97. The van der Waals surface area contributed by atoms with Crippen LogP contribution in [0.25, 0.3) is 0 Å². The molecule has 5 nitrogen and oxygen atoms in total. The van der Waals surface area contributed by atoms with Crippen molar-refractivity contribution in [1.82, 2.24) is 9.80 Å². The van der Waals surface area contributed by atoms with E-state index >= 15 is 0 Å². The highest BCUT2D eigenvalue weighted by atomic mass is 16.2. The first-order chi connectivity index (χ1) is 9.45. The number of carbonyl (C=O) groups excluding carboxylic acids is 1. The van der Waals surface area contributed by atoms with Gasteiger partial charge in [0.1, 0.15) is 0 Å². The zero-order valence-electron chi connectivity index (χ0n) is 12.5. The molecule has 0 aromatic heterocycles. The highest BCUT2D eigenvalue weighted by molar-refractivity contribution is 5.92. The van der Waals surface area contributed by atoms with Crippen LogP contribution in [-0.2, 0) is 4.79 Å². The third kappa shape index (κ3) is 3.71. The lowest BCUT2D eigenvalue weighted by Crippen LogP contribution is -2.56. The van der Waals surface area contributed by atoms with Gasteiger partial charge in [0.25, 0.3) is 0 Å². The van der Waals surface area contributed by atoms with E-state index in [-0.39, 0.29) is 5.91 Å². The lowest BCUT2D eigenvalue weighted by Gasteiger charge is -2.42. The van der Waals surface area contributed by atoms with Crippen molar-refractivity contribution in [2.24, 2.45) is 0 Å². The number of nitrogens with one attached hydrogen (secondary N) is 1. The Balaban J connectivity index is 1.89. The molecule has 0 saturated carbocycles. The van der Waals surface area contributed by atoms with Gasteiger partial charge < -0.3 is 11.1 Å². The SMILES string of the molecule is CC1CN(CC(=O)Nc2cccc(N)c2)CC(C)N1C. The van der Waals surface area contributed by atoms with Gasteiger partial charge in [0, 0.05) is 36.5 Å². The topological polar surface area (TPSA) is 61.6 Å². The Hall–Kier alpha value is -1.59. The smallest absolute Gasteiger partial charge is 0.238 e. The molecule has 2 rings (SSSR count). The molecule has 2 unspecified atom stereocenters. The first-order valence-corrected chi connectivity index (χ1v) is 7.05. The Labute approximate surface area is 120 Å². The van der Waals surface area contributed by atoms with Crippen molar-refractivity contribution in [1.29, 1.82) is 0 Å². The number of likely N-dealkylation sites (N-methyl/N-ethyl adjacent to an activating group) is 1. The minimum absolute atomic E-state index is 0.0135. The first-order valence-electron chi connectivity index (χ1n) is 7.05. The molecule has 0 bridgehead atoms. The Bertz CT molecular complexity index is 465. The number of amides is 1. The van der Waals surface area contributed by atoms with Crippen molar-refractivity contribution in [2.45, 2.75) is 25.9 Å². The van der Waals surface area contributed by atoms with E-state index in [0.717, 1.165) is 18.8 Å². The highest BCUT2D eigenvalue weighted by Gasteiger charge is 2.27. The van der Waals surface area contributed by atoms with Gasteiger partial charge in [0.15, 0.2) is 0 Å². The van der Waals surface area contributed by atoms with Crippen molar-refractivity contribution < 1.29 is 4.79 Å². The fraction of sp³-hybridized carbons (Fsp3) is 0.533. The number of hydrogen-bond donors (Lipinski definition) is 2. The molecule has 3 N–H and O–H groups in total. The van der Waals surface area contributed by atoms with Crippen LogP contribution in [0.3, 0.4) is 0 Å². The summed E-state index contributed by atoms with van der Waals surface area (Å²) in [4.78, 5) is 16.6. The number of rotatable bonds is 3. The maximum atomic E-state index is 12.1. The predicted molar refractivity (Wildman–Crippen MR) is 82.6 cm³/mol. The van der Waals surface area contributed by atoms with E-state index in [2.05, 4.69) is 36.0 Å². The molecular weight excluding hydrogens is 252 g/mol. The average Bonchev–Trinajstić information content (AvgIpc) is 2.35. The maximum absolute atomic E-state index is 12.1. The Morgan fingerprint density at radius 2 is 2.00 bits per heavy atom. The Kier molecular flexibility index (Phi) is 4.62. The quantitative estimate of drug-likeness (QED) is 0.815. The van der Waals surface area contributed by atoms with E-state index in [9.17, 15) is 4.79 Å². The summed E-state index contributed by atoms with van der Waals surface area (Å²) in [7, 11) is 2.14. The fourth-order valence-corrected chi connectivity index (χ4v) is 2.66. The molecule has 110 valence electrons. The number of nitrogen functional groups attached to an aromatic ring is 1. The number of benzene rings is 1. The molecule has 1 aliphatic heterocycles. The predicted octanol–water partition coefficient (Wildman–Crippen LogP) is 1.23. The second kappa shape index (κ2) is 6.24. The van der Waals surface area contributed by atoms with Crippen LogP contribution in [0.5, 0.6) is 0 Å². The second-order valence-corrected chi connectivity index (χ2v) is 5.73. The molecule has 1 aromatic rings. The number of carbonyl (C=O) groups is 1. The molecule has 5 heteroatoms. The Morgan fingerprint density at radius 1 is 1.35 bits per heavy atom. The largest absolute Gasteiger partial charge is 0.399 e. The van der Waals surface area contributed by atoms with Crippen LogP contribution in [0.15, 0.2) is 24.3 Å². The van der Waals surface area contributed by atoms with E-state index in [0.29, 0.717) is 24.3 Å². The van der Waals surface area contributed by atoms with E-state index in [4.69, 9.17) is 5.73 Å². The van der Waals surface area contributed by atoms with Gasteiger partial charge in [-0.3, -0.25) is 14.6 Å². The standard InChI is InChI=1S/C15H24N4O/c1-11-8-19(9-12(2)18(11)3)10-15(20)17-14-6-4-5-13(16)7-14/h4-7,11-12H,8-10,16H2,1-3H3,(H,17,20). The summed E-state index contributed by atoms with van der Waals surface area (Å²) in [5, 5.41) is 2.90. The van der Waals surface area contributed by atoms with Crippen LogP contribution in [0.2, 0.25) is 0 Å². The lowest BCUT2D eigenvalue weighted by molar-refractivity contribution is -0.118. The molecule has 2 atom stereocenters. The molecule has 0 spiro atoms. The fourth-order valence-electron chi connectivity index (χ4n) is 2.66. The molecule has 20 heavy (non-hydrogen) atoms. The van der Waals surface area contributed by atoms with Gasteiger partial charge in [-0.15, -0.1) is 0 Å². The van der Waals surface area contributed by atoms with Gasteiger partial charge >= 0.3 is 0 Å². The van der Waals surface area contributed by atoms with E-state index in [1.54, 1.807) is 12.1 Å². The van der Waals surface area contributed by atoms with Gasteiger partial charge in [-0.2, -0.15) is 0 Å². The zero-order chi connectivity index (χ0) is 14.7. The number of nitrogens with zero attached hydrogens (tertiary/aromatic N) is 2. The summed E-state index contributed by atoms with van der Waals surface area (Å²) in [5.74, 6) is 0.0135. The molecule has 1 aromatic carbocycles. The normalized spacial score (nSPS) is 24.6. The molecule has 0 radical (unpaired) electrons. The first kappa shape index (κ1) is 14.8. The second-order valence-electron chi connectivity index (χ2n) is 5.73. The number of nitrogens with two attached hydrogens (primary N) is 1. The van der Waals surface area contributed by atoms with Crippen molar-refractivity contribution in [3.8, 4) is 0 Å². The lowest BCUT2D eigenvalue weighted by atomic mass is 10.1. The van der Waals surface area contributed by atoms with Crippen molar-refractivity contribution >= 4 is 17.3 Å². The monoisotopic (exact) mass is 276 g/mol. The number of hydrogen-bond acceptors (Lipinski definition) is 4. The van der Waals surface area contributed by atoms with E-state index in [1.165, 1.54) is 0 Å². The van der Waals surface area contributed by atoms with Crippen molar-refractivity contribution in [3.63, 3.8) is 0 Å².